The van der Waals surface area contributed by atoms with Crippen molar-refractivity contribution in [3.8, 4) is 0 Å². The van der Waals surface area contributed by atoms with Crippen LogP contribution in [0.15, 0.2) is 0 Å². The topological polar surface area (TPSA) is 237 Å². The standard InChI is InChI=1S/C79H154O17P2/c1-69(2)55-47-39-31-24-20-16-13-11-9-10-12-14-18-22-26-35-43-51-59-76(81)89-65-74(95-78(83)61-53-45-36-27-23-19-15-17-21-25-32-40-48-56-70(3)4)67-93-97(85,86)91-63-73(80)64-92-98(87,88)94-68-75(66-90-77(82)60-52-44-38-30-34-42-50-58-72(7)8)96-79(84)62-54-46-37-29-28-33-41-49-57-71(5)6/h69-75,80H,9-68H2,1-8H3,(H,85,86)(H,87,88)/t73?,74-,75-/m1/s1. The van der Waals surface area contributed by atoms with Gasteiger partial charge in [0.1, 0.15) is 19.3 Å². The monoisotopic (exact) mass is 1440 g/mol. The Morgan fingerprint density at radius 3 is 0.633 bits per heavy atom. The summed E-state index contributed by atoms with van der Waals surface area (Å²) in [4.78, 5) is 72.9. The molecule has 582 valence electrons. The summed E-state index contributed by atoms with van der Waals surface area (Å²) >= 11 is 0. The molecule has 0 fully saturated rings. The van der Waals surface area contributed by atoms with E-state index in [2.05, 4.69) is 55.4 Å². The van der Waals surface area contributed by atoms with Gasteiger partial charge in [0.05, 0.1) is 26.4 Å². The first-order valence-electron chi connectivity index (χ1n) is 40.7. The summed E-state index contributed by atoms with van der Waals surface area (Å²) in [5, 5.41) is 10.6. The van der Waals surface area contributed by atoms with E-state index in [4.69, 9.17) is 37.0 Å². The van der Waals surface area contributed by atoms with Crippen LogP contribution in [0.5, 0.6) is 0 Å². The maximum absolute atomic E-state index is 13.1. The summed E-state index contributed by atoms with van der Waals surface area (Å²) in [6.45, 7) is 14.2. The molecule has 0 aliphatic carbocycles. The molecule has 0 rings (SSSR count). The highest BCUT2D eigenvalue weighted by Gasteiger charge is 2.30. The van der Waals surface area contributed by atoms with Crippen molar-refractivity contribution in [1.82, 2.24) is 0 Å². The van der Waals surface area contributed by atoms with Gasteiger partial charge >= 0.3 is 39.5 Å². The molecule has 98 heavy (non-hydrogen) atoms. The van der Waals surface area contributed by atoms with Gasteiger partial charge in [-0.25, -0.2) is 9.13 Å². The molecule has 0 aromatic rings. The zero-order chi connectivity index (χ0) is 72.4. The Balaban J connectivity index is 5.20. The van der Waals surface area contributed by atoms with Crippen LogP contribution in [0.1, 0.15) is 402 Å². The summed E-state index contributed by atoms with van der Waals surface area (Å²) in [5.74, 6) is 0.913. The first-order chi connectivity index (χ1) is 47.1. The van der Waals surface area contributed by atoms with Crippen LogP contribution in [0, 0.1) is 23.7 Å². The third kappa shape index (κ3) is 72.4. The van der Waals surface area contributed by atoms with Crippen LogP contribution in [0.3, 0.4) is 0 Å². The van der Waals surface area contributed by atoms with Crippen LogP contribution in [-0.2, 0) is 65.4 Å². The van der Waals surface area contributed by atoms with Gasteiger partial charge in [0.25, 0.3) is 0 Å². The van der Waals surface area contributed by atoms with Gasteiger partial charge in [-0.15, -0.1) is 0 Å². The van der Waals surface area contributed by atoms with Gasteiger partial charge in [-0.1, -0.05) is 351 Å². The van der Waals surface area contributed by atoms with E-state index >= 15 is 0 Å². The lowest BCUT2D eigenvalue weighted by Crippen LogP contribution is -2.30. The highest BCUT2D eigenvalue weighted by atomic mass is 31.2. The predicted octanol–water partition coefficient (Wildman–Crippen LogP) is 23.2. The molecule has 0 aliphatic rings. The van der Waals surface area contributed by atoms with Crippen LogP contribution < -0.4 is 0 Å². The van der Waals surface area contributed by atoms with Gasteiger partial charge in [0.2, 0.25) is 0 Å². The van der Waals surface area contributed by atoms with E-state index in [9.17, 15) is 43.2 Å². The maximum Gasteiger partial charge on any atom is 0.472 e. The normalized spacial score (nSPS) is 14.1. The summed E-state index contributed by atoms with van der Waals surface area (Å²) in [7, 11) is -9.92. The fourth-order valence-corrected chi connectivity index (χ4v) is 13.7. The molecule has 3 unspecified atom stereocenters. The Bertz CT molecular complexity index is 1920. The lowest BCUT2D eigenvalue weighted by molar-refractivity contribution is -0.161. The zero-order valence-corrected chi connectivity index (χ0v) is 66.2. The minimum Gasteiger partial charge on any atom is -0.462 e. The van der Waals surface area contributed by atoms with Crippen molar-refractivity contribution < 1.29 is 80.2 Å². The molecule has 0 saturated carbocycles. The minimum atomic E-state index is -4.96. The Morgan fingerprint density at radius 1 is 0.255 bits per heavy atom. The zero-order valence-electron chi connectivity index (χ0n) is 64.4. The Hall–Kier alpha value is -1.94. The van der Waals surface area contributed by atoms with E-state index in [0.717, 1.165) is 114 Å². The summed E-state index contributed by atoms with van der Waals surface area (Å²) in [5.41, 5.74) is 0. The molecule has 3 N–H and O–H groups in total. The van der Waals surface area contributed by atoms with Crippen molar-refractivity contribution in [1.29, 1.82) is 0 Å². The third-order valence-corrected chi connectivity index (χ3v) is 20.2. The number of ether oxygens (including phenoxy) is 4. The van der Waals surface area contributed by atoms with Gasteiger partial charge in [-0.2, -0.15) is 0 Å². The second-order valence-corrected chi connectivity index (χ2v) is 33.3. The quantitative estimate of drug-likeness (QED) is 0.0222. The smallest absolute Gasteiger partial charge is 0.462 e. The molecule has 0 spiro atoms. The number of aliphatic hydroxyl groups is 1. The van der Waals surface area contributed by atoms with Gasteiger partial charge in [-0.05, 0) is 49.4 Å². The van der Waals surface area contributed by atoms with Gasteiger partial charge < -0.3 is 33.8 Å². The van der Waals surface area contributed by atoms with Gasteiger partial charge in [0.15, 0.2) is 12.2 Å². The third-order valence-electron chi connectivity index (χ3n) is 18.3. The molecule has 19 heteroatoms. The van der Waals surface area contributed by atoms with Crippen LogP contribution in [0.2, 0.25) is 0 Å². The van der Waals surface area contributed by atoms with Crippen LogP contribution in [0.4, 0.5) is 0 Å². The molecular formula is C79H154O17P2. The second kappa shape index (κ2) is 68.2. The van der Waals surface area contributed by atoms with E-state index in [1.807, 2.05) is 0 Å². The van der Waals surface area contributed by atoms with Crippen molar-refractivity contribution in [2.75, 3.05) is 39.6 Å². The largest absolute Gasteiger partial charge is 0.472 e. The number of esters is 4. The lowest BCUT2D eigenvalue weighted by atomic mass is 10.0. The molecule has 0 saturated heterocycles. The number of hydrogen-bond acceptors (Lipinski definition) is 15. The van der Waals surface area contributed by atoms with Crippen molar-refractivity contribution >= 4 is 39.5 Å². The first kappa shape index (κ1) is 96.1. The number of carbonyl (C=O) groups excluding carboxylic acids is 4. The highest BCUT2D eigenvalue weighted by Crippen LogP contribution is 2.45. The Morgan fingerprint density at radius 2 is 0.429 bits per heavy atom. The molecule has 5 atom stereocenters. The maximum atomic E-state index is 13.1. The van der Waals surface area contributed by atoms with Gasteiger partial charge in [-0.3, -0.25) is 37.3 Å². The molecule has 0 bridgehead atoms. The highest BCUT2D eigenvalue weighted by molar-refractivity contribution is 7.47. The molecular weight excluding hydrogens is 1280 g/mol. The number of unbranched alkanes of at least 4 members (excludes halogenated alkanes) is 42. The summed E-state index contributed by atoms with van der Waals surface area (Å²) < 4.78 is 68.6. The number of phosphoric ester groups is 2. The average Bonchev–Trinajstić information content (AvgIpc) is 0.991. The first-order valence-corrected chi connectivity index (χ1v) is 43.7. The Labute approximate surface area is 600 Å². The molecule has 0 aliphatic heterocycles. The van der Waals surface area contributed by atoms with E-state index in [1.54, 1.807) is 0 Å². The van der Waals surface area contributed by atoms with E-state index in [0.29, 0.717) is 31.6 Å². The van der Waals surface area contributed by atoms with E-state index < -0.39 is 97.5 Å². The van der Waals surface area contributed by atoms with Gasteiger partial charge in [0, 0.05) is 25.7 Å². The number of phosphoric acid groups is 2. The van der Waals surface area contributed by atoms with E-state index in [1.165, 1.54) is 199 Å². The predicted molar refractivity (Wildman–Crippen MR) is 400 cm³/mol. The SMILES string of the molecule is CC(C)CCCCCCCCCCCCCCCCCCCCC(=O)OC[C@H](COP(=O)(O)OCC(O)COP(=O)(O)OC[C@@H](COC(=O)CCCCCCCCCC(C)C)OC(=O)CCCCCCCCCCC(C)C)OC(=O)CCCCCCCCCCCCCCCC(C)C. The lowest BCUT2D eigenvalue weighted by Gasteiger charge is -2.21. The number of aliphatic hydroxyl groups excluding tert-OH is 1. The van der Waals surface area contributed by atoms with Crippen LogP contribution >= 0.6 is 15.6 Å². The molecule has 17 nitrogen and oxygen atoms in total. The minimum absolute atomic E-state index is 0.103. The van der Waals surface area contributed by atoms with Crippen LogP contribution in [0.25, 0.3) is 0 Å². The number of carbonyl (C=O) groups is 4. The molecule has 0 aromatic heterocycles. The summed E-state index contributed by atoms with van der Waals surface area (Å²) in [6, 6.07) is 0. The number of hydrogen-bond donors (Lipinski definition) is 3. The average molecular weight is 1440 g/mol. The van der Waals surface area contributed by atoms with Crippen molar-refractivity contribution in [3.63, 3.8) is 0 Å². The van der Waals surface area contributed by atoms with Crippen molar-refractivity contribution in [2.24, 2.45) is 23.7 Å². The molecule has 0 heterocycles. The fourth-order valence-electron chi connectivity index (χ4n) is 12.1. The fraction of sp³-hybridized carbons (Fsp3) is 0.949. The van der Waals surface area contributed by atoms with Crippen LogP contribution in [-0.4, -0.2) is 96.7 Å². The van der Waals surface area contributed by atoms with E-state index in [-0.39, 0.29) is 25.7 Å². The van der Waals surface area contributed by atoms with Crippen molar-refractivity contribution in [2.45, 2.75) is 420 Å². The summed E-state index contributed by atoms with van der Waals surface area (Å²) in [6.07, 6.45) is 54.4. The number of rotatable bonds is 76. The van der Waals surface area contributed by atoms with Crippen molar-refractivity contribution in [3.05, 3.63) is 0 Å². The molecule has 0 radical (unpaired) electrons. The second-order valence-electron chi connectivity index (χ2n) is 30.4. The molecule has 0 aromatic carbocycles. The molecule has 0 amide bonds. The Kier molecular flexibility index (Phi) is 66.8.